The van der Waals surface area contributed by atoms with Gasteiger partial charge < -0.3 is 29.5 Å². The molecule has 0 unspecified atom stereocenters. The van der Waals surface area contributed by atoms with E-state index in [4.69, 9.17) is 14.2 Å². The highest BCUT2D eigenvalue weighted by atomic mass is 16.7. The van der Waals surface area contributed by atoms with Crippen molar-refractivity contribution >= 4 is 0 Å². The van der Waals surface area contributed by atoms with Gasteiger partial charge in [0.05, 0.1) is 18.8 Å². The highest BCUT2D eigenvalue weighted by molar-refractivity contribution is 5.45. The van der Waals surface area contributed by atoms with E-state index >= 15 is 0 Å². The molecular weight excluding hydrogens is 272 g/mol. The number of ether oxygens (including phenoxy) is 3. The van der Waals surface area contributed by atoms with Crippen molar-refractivity contribution in [2.75, 3.05) is 46.6 Å². The van der Waals surface area contributed by atoms with E-state index < -0.39 is 6.10 Å². The minimum atomic E-state index is -0.569. The largest absolute Gasteiger partial charge is 0.454 e. The number of likely N-dealkylation sites (N-methyl/N-ethyl adjacent to an activating group) is 1. The van der Waals surface area contributed by atoms with Gasteiger partial charge in [0.2, 0.25) is 6.79 Å². The van der Waals surface area contributed by atoms with Crippen LogP contribution in [-0.4, -0.2) is 62.7 Å². The monoisotopic (exact) mass is 294 g/mol. The minimum absolute atomic E-state index is 0.188. The topological polar surface area (TPSA) is 63.2 Å². The van der Waals surface area contributed by atoms with Gasteiger partial charge in [0.1, 0.15) is 0 Å². The molecule has 0 saturated carbocycles. The normalized spacial score (nSPS) is 23.2. The first kappa shape index (κ1) is 14.6. The number of hydrogen-bond acceptors (Lipinski definition) is 6. The molecule has 1 aromatic carbocycles. The first-order valence-corrected chi connectivity index (χ1v) is 7.31. The molecule has 116 valence electrons. The number of benzene rings is 1. The van der Waals surface area contributed by atoms with E-state index in [0.29, 0.717) is 12.3 Å². The highest BCUT2D eigenvalue weighted by Gasteiger charge is 2.19. The van der Waals surface area contributed by atoms with Crippen LogP contribution in [0.5, 0.6) is 11.5 Å². The van der Waals surface area contributed by atoms with Crippen molar-refractivity contribution in [3.63, 3.8) is 0 Å². The molecule has 2 atom stereocenters. The molecule has 6 nitrogen and oxygen atoms in total. The summed E-state index contributed by atoms with van der Waals surface area (Å²) in [7, 11) is 2.09. The zero-order valence-electron chi connectivity index (χ0n) is 12.2. The Labute approximate surface area is 124 Å². The van der Waals surface area contributed by atoms with Crippen LogP contribution in [0.1, 0.15) is 11.7 Å². The molecule has 2 N–H and O–H groups in total. The van der Waals surface area contributed by atoms with Crippen molar-refractivity contribution < 1.29 is 19.3 Å². The van der Waals surface area contributed by atoms with Crippen molar-refractivity contribution in [3.8, 4) is 11.5 Å². The summed E-state index contributed by atoms with van der Waals surface area (Å²) in [6, 6.07) is 5.53. The summed E-state index contributed by atoms with van der Waals surface area (Å²) in [6.07, 6.45) is -0.381. The number of hydrogen-bond donors (Lipinski definition) is 2. The summed E-state index contributed by atoms with van der Waals surface area (Å²) >= 11 is 0. The lowest BCUT2D eigenvalue weighted by molar-refractivity contribution is -0.0191. The van der Waals surface area contributed by atoms with Crippen LogP contribution in [0.3, 0.4) is 0 Å². The van der Waals surface area contributed by atoms with E-state index in [1.54, 1.807) is 0 Å². The average Bonchev–Trinajstić information content (AvgIpc) is 2.94. The smallest absolute Gasteiger partial charge is 0.231 e. The summed E-state index contributed by atoms with van der Waals surface area (Å²) in [5.41, 5.74) is 0.827. The fraction of sp³-hybridized carbons (Fsp3) is 0.600. The summed E-state index contributed by atoms with van der Waals surface area (Å²) < 4.78 is 16.3. The molecule has 1 fully saturated rings. The molecule has 0 radical (unpaired) electrons. The van der Waals surface area contributed by atoms with Crippen LogP contribution in [-0.2, 0) is 4.74 Å². The number of fused-ring (bicyclic) bond motifs is 1. The van der Waals surface area contributed by atoms with E-state index in [1.807, 2.05) is 18.2 Å². The van der Waals surface area contributed by atoms with Gasteiger partial charge in [-0.05, 0) is 24.7 Å². The van der Waals surface area contributed by atoms with Crippen LogP contribution < -0.4 is 14.8 Å². The number of nitrogens with one attached hydrogen (secondary N) is 1. The maximum atomic E-state index is 10.2. The van der Waals surface area contributed by atoms with Gasteiger partial charge in [-0.1, -0.05) is 6.07 Å². The van der Waals surface area contributed by atoms with Gasteiger partial charge in [0.15, 0.2) is 11.5 Å². The molecule has 0 aliphatic carbocycles. The molecule has 0 bridgehead atoms. The lowest BCUT2D eigenvalue weighted by Gasteiger charge is -2.30. The fourth-order valence-electron chi connectivity index (χ4n) is 2.61. The Morgan fingerprint density at radius 1 is 1.38 bits per heavy atom. The molecule has 21 heavy (non-hydrogen) atoms. The zero-order chi connectivity index (χ0) is 14.7. The van der Waals surface area contributed by atoms with E-state index in [9.17, 15) is 5.11 Å². The molecular formula is C15H22N2O4. The van der Waals surface area contributed by atoms with Crippen LogP contribution in [0.25, 0.3) is 0 Å². The number of rotatable bonds is 5. The van der Waals surface area contributed by atoms with Gasteiger partial charge in [0.25, 0.3) is 0 Å². The third kappa shape index (κ3) is 3.65. The Balaban J connectivity index is 1.46. The number of aliphatic hydroxyl groups is 1. The molecule has 3 rings (SSSR count). The third-order valence-electron chi connectivity index (χ3n) is 3.83. The molecule has 0 aromatic heterocycles. The second-order valence-electron chi connectivity index (χ2n) is 5.54. The highest BCUT2D eigenvalue weighted by Crippen LogP contribution is 2.34. The molecule has 0 amide bonds. The Bertz CT molecular complexity index is 483. The Kier molecular flexibility index (Phi) is 4.60. The van der Waals surface area contributed by atoms with Crippen LogP contribution in [0.15, 0.2) is 18.2 Å². The van der Waals surface area contributed by atoms with Crippen molar-refractivity contribution in [1.82, 2.24) is 10.2 Å². The lowest BCUT2D eigenvalue weighted by atomic mass is 10.1. The van der Waals surface area contributed by atoms with Gasteiger partial charge in [-0.2, -0.15) is 0 Å². The fourth-order valence-corrected chi connectivity index (χ4v) is 2.61. The second-order valence-corrected chi connectivity index (χ2v) is 5.54. The molecule has 1 saturated heterocycles. The predicted molar refractivity (Wildman–Crippen MR) is 77.6 cm³/mol. The molecule has 2 aliphatic heterocycles. The van der Waals surface area contributed by atoms with E-state index in [-0.39, 0.29) is 12.9 Å². The number of aliphatic hydroxyl groups excluding tert-OH is 1. The Morgan fingerprint density at radius 3 is 3.10 bits per heavy atom. The summed E-state index contributed by atoms with van der Waals surface area (Å²) in [5, 5.41) is 13.5. The summed E-state index contributed by atoms with van der Waals surface area (Å²) in [6.45, 7) is 4.16. The van der Waals surface area contributed by atoms with Crippen molar-refractivity contribution in [2.45, 2.75) is 12.2 Å². The lowest BCUT2D eigenvalue weighted by Crippen LogP contribution is -2.45. The number of morpholine rings is 1. The standard InChI is InChI=1S/C15H22N2O4/c1-17-4-5-19-12(9-17)7-16-8-13(18)11-2-3-14-15(6-11)21-10-20-14/h2-3,6,12-13,16,18H,4-5,7-10H2,1H3/t12-,13+/m0/s1. The summed E-state index contributed by atoms with van der Waals surface area (Å²) in [5.74, 6) is 1.43. The maximum absolute atomic E-state index is 10.2. The molecule has 6 heteroatoms. The van der Waals surface area contributed by atoms with E-state index in [2.05, 4.69) is 17.3 Å². The van der Waals surface area contributed by atoms with Crippen LogP contribution in [0.4, 0.5) is 0 Å². The van der Waals surface area contributed by atoms with Gasteiger partial charge in [-0.15, -0.1) is 0 Å². The molecule has 2 heterocycles. The quantitative estimate of drug-likeness (QED) is 0.818. The Morgan fingerprint density at radius 2 is 2.24 bits per heavy atom. The van der Waals surface area contributed by atoms with Gasteiger partial charge in [-0.3, -0.25) is 0 Å². The molecule has 1 aromatic rings. The van der Waals surface area contributed by atoms with E-state index in [0.717, 1.165) is 37.6 Å². The summed E-state index contributed by atoms with van der Waals surface area (Å²) in [4.78, 5) is 2.25. The SMILES string of the molecule is CN1CCO[C@@H](CNC[C@@H](O)c2ccc3c(c2)OCO3)C1. The van der Waals surface area contributed by atoms with E-state index in [1.165, 1.54) is 0 Å². The maximum Gasteiger partial charge on any atom is 0.231 e. The average molecular weight is 294 g/mol. The Hall–Kier alpha value is -1.34. The minimum Gasteiger partial charge on any atom is -0.454 e. The number of nitrogens with zero attached hydrogens (tertiary/aromatic N) is 1. The van der Waals surface area contributed by atoms with Crippen LogP contribution in [0.2, 0.25) is 0 Å². The first-order chi connectivity index (χ1) is 10.2. The molecule has 2 aliphatic rings. The van der Waals surface area contributed by atoms with Crippen molar-refractivity contribution in [3.05, 3.63) is 23.8 Å². The first-order valence-electron chi connectivity index (χ1n) is 7.31. The predicted octanol–water partition coefficient (Wildman–Crippen LogP) is 0.369. The zero-order valence-corrected chi connectivity index (χ0v) is 12.2. The van der Waals surface area contributed by atoms with Gasteiger partial charge >= 0.3 is 0 Å². The molecule has 0 spiro atoms. The van der Waals surface area contributed by atoms with Gasteiger partial charge in [-0.25, -0.2) is 0 Å². The van der Waals surface area contributed by atoms with Crippen LogP contribution in [0, 0.1) is 0 Å². The second kappa shape index (κ2) is 6.62. The van der Waals surface area contributed by atoms with Crippen LogP contribution >= 0.6 is 0 Å². The third-order valence-corrected chi connectivity index (χ3v) is 3.83. The van der Waals surface area contributed by atoms with Crippen molar-refractivity contribution in [1.29, 1.82) is 0 Å². The van der Waals surface area contributed by atoms with Gasteiger partial charge in [0, 0.05) is 26.2 Å². The van der Waals surface area contributed by atoms with Crippen molar-refractivity contribution in [2.24, 2.45) is 0 Å².